The van der Waals surface area contributed by atoms with E-state index in [1.807, 2.05) is 16.1 Å². The van der Waals surface area contributed by atoms with Crippen LogP contribution in [0.4, 0.5) is 87.8 Å². The molecule has 296 valence electrons. The Kier molecular flexibility index (Phi) is 13.1. The van der Waals surface area contributed by atoms with Crippen LogP contribution in [0.25, 0.3) is 0 Å². The van der Waals surface area contributed by atoms with E-state index in [4.69, 9.17) is 0 Å². The second kappa shape index (κ2) is 14.3. The maximum absolute atomic E-state index is 15.3. The maximum Gasteiger partial charge on any atom is 0.457 e. The first-order valence-corrected chi connectivity index (χ1v) is 11.6. The molecule has 0 bridgehead atoms. The number of hydrogen-bond donors (Lipinski definition) is 0. The van der Waals surface area contributed by atoms with Gasteiger partial charge in [-0.05, 0) is 6.92 Å². The van der Waals surface area contributed by atoms with Gasteiger partial charge in [0.15, 0.2) is 17.5 Å². The molecule has 0 saturated carbocycles. The third-order valence-electron chi connectivity index (χ3n) is 5.77. The van der Waals surface area contributed by atoms with Crippen LogP contribution in [0.15, 0.2) is 37.2 Å². The molecule has 29 heteroatoms. The fourth-order valence-electron chi connectivity index (χ4n) is 2.86. The van der Waals surface area contributed by atoms with Crippen LogP contribution >= 0.6 is 0 Å². The molecule has 0 fully saturated rings. The Morgan fingerprint density at radius 3 is 0.962 bits per heavy atom. The lowest BCUT2D eigenvalue weighted by Gasteiger charge is -2.47. The molecule has 9 nitrogen and oxygen atoms in total. The Labute approximate surface area is 270 Å². The van der Waals surface area contributed by atoms with Crippen molar-refractivity contribution in [3.8, 4) is 0 Å². The number of ketones is 6. The van der Waals surface area contributed by atoms with Gasteiger partial charge in [-0.3, -0.25) is 43.0 Å². The van der Waals surface area contributed by atoms with E-state index in [0.717, 1.165) is 0 Å². The minimum absolute atomic E-state index is 1.77. The van der Waals surface area contributed by atoms with Gasteiger partial charge in [-0.25, -0.2) is 13.2 Å². The molecular weight excluding hydrogens is 800 g/mol. The van der Waals surface area contributed by atoms with Gasteiger partial charge in [0.2, 0.25) is 17.3 Å². The molecule has 3 atom stereocenters. The summed E-state index contributed by atoms with van der Waals surface area (Å²) in [6.45, 7) is 3.29. The van der Waals surface area contributed by atoms with E-state index < -0.39 is 119 Å². The fourth-order valence-corrected chi connectivity index (χ4v) is 2.86. The average molecular weight is 810 g/mol. The molecule has 0 N–H and O–H groups in total. The quantitative estimate of drug-likeness (QED) is 0.0921. The summed E-state index contributed by atoms with van der Waals surface area (Å²) in [6.07, 6.45) is -53.0. The highest BCUT2D eigenvalue weighted by molar-refractivity contribution is 6.46. The minimum atomic E-state index is -8.28. The van der Waals surface area contributed by atoms with Gasteiger partial charge < -0.3 is 0 Å². The molecule has 52 heavy (non-hydrogen) atoms. The molecule has 0 aliphatic carbocycles. The van der Waals surface area contributed by atoms with Gasteiger partial charge in [0.1, 0.15) is 0 Å². The van der Waals surface area contributed by atoms with Gasteiger partial charge >= 0.3 is 48.6 Å². The molecule has 0 aromatic heterocycles. The van der Waals surface area contributed by atoms with Gasteiger partial charge in [0, 0.05) is 0 Å². The zero-order valence-corrected chi connectivity index (χ0v) is 23.9. The number of carbonyl (C=O) groups is 6. The highest BCUT2D eigenvalue weighted by atomic mass is 19.4. The summed E-state index contributed by atoms with van der Waals surface area (Å²) in [5, 5.41) is 0. The first-order chi connectivity index (χ1) is 22.6. The molecule has 0 saturated heterocycles. The Balaban J connectivity index is 8.42. The second-order valence-electron chi connectivity index (χ2n) is 9.33. The topological polar surface area (TPSA) is 130 Å². The van der Waals surface area contributed by atoms with Crippen molar-refractivity contribution in [1.29, 1.82) is 0 Å². The molecule has 0 aliphatic heterocycles. The zero-order valence-electron chi connectivity index (χ0n) is 23.9. The number of alkyl halides is 17. The SMILES string of the molecule is C=C(F)C(=O)C(=O)C(OC(F)(F)C(C)(C(F)(F)OC(F)(C(=O)C(=O)C(=C)F)C(F)(F)F)C(F)(F)OC(F)(C(=O)C(=O)C(=C)F)C(F)(F)F)C(F)(F)F. The Morgan fingerprint density at radius 1 is 0.481 bits per heavy atom. The molecule has 0 radical (unpaired) electrons. The third kappa shape index (κ3) is 8.50. The summed E-state index contributed by atoms with van der Waals surface area (Å²) in [7, 11) is 0. The van der Waals surface area contributed by atoms with Crippen molar-refractivity contribution in [2.24, 2.45) is 5.41 Å². The van der Waals surface area contributed by atoms with E-state index >= 15 is 26.3 Å². The molecule has 0 spiro atoms. The number of allylic oxidation sites excluding steroid dienone is 3. The highest BCUT2D eigenvalue weighted by Gasteiger charge is 2.87. The van der Waals surface area contributed by atoms with Crippen LogP contribution in [0.3, 0.4) is 0 Å². The van der Waals surface area contributed by atoms with Crippen molar-refractivity contribution in [2.45, 2.75) is 61.6 Å². The highest BCUT2D eigenvalue weighted by Crippen LogP contribution is 2.62. The molecule has 0 aromatic carbocycles. The Hall–Kier alpha value is -4.28. The molecular formula is C23H10F20O9. The summed E-state index contributed by atoms with van der Waals surface area (Å²) in [5.74, 6) is -47.7. The predicted molar refractivity (Wildman–Crippen MR) is 117 cm³/mol. The van der Waals surface area contributed by atoms with Crippen LogP contribution in [-0.4, -0.2) is 89.4 Å². The van der Waals surface area contributed by atoms with Crippen molar-refractivity contribution < 1.29 is 131 Å². The monoisotopic (exact) mass is 810 g/mol. The molecule has 0 amide bonds. The van der Waals surface area contributed by atoms with E-state index in [0.29, 0.717) is 0 Å². The van der Waals surface area contributed by atoms with Crippen LogP contribution < -0.4 is 0 Å². The van der Waals surface area contributed by atoms with Crippen LogP contribution in [0, 0.1) is 5.41 Å². The van der Waals surface area contributed by atoms with Gasteiger partial charge in [0.25, 0.3) is 28.9 Å². The number of Topliss-reactive ketones (excluding diaryl/α,β-unsaturated/α-hetero) is 6. The minimum Gasteiger partial charge on any atom is -0.298 e. The molecule has 0 aromatic rings. The van der Waals surface area contributed by atoms with Gasteiger partial charge in [-0.15, -0.1) is 0 Å². The van der Waals surface area contributed by atoms with Crippen molar-refractivity contribution in [2.75, 3.05) is 0 Å². The van der Waals surface area contributed by atoms with E-state index in [2.05, 4.69) is 4.74 Å². The number of halogens is 20. The third-order valence-corrected chi connectivity index (χ3v) is 5.77. The first kappa shape index (κ1) is 47.7. The average Bonchev–Trinajstić information content (AvgIpc) is 2.94. The largest absolute Gasteiger partial charge is 0.457 e. The molecule has 0 heterocycles. The Morgan fingerprint density at radius 2 is 0.750 bits per heavy atom. The van der Waals surface area contributed by atoms with E-state index in [9.17, 15) is 90.2 Å². The van der Waals surface area contributed by atoms with E-state index in [-0.39, 0.29) is 0 Å². The summed E-state index contributed by atoms with van der Waals surface area (Å²) < 4.78 is 287. The van der Waals surface area contributed by atoms with Gasteiger partial charge in [-0.2, -0.15) is 74.6 Å². The lowest BCUT2D eigenvalue weighted by atomic mass is 9.84. The van der Waals surface area contributed by atoms with E-state index in [1.165, 1.54) is 0 Å². The standard InChI is InChI=1S/C23H10F20O9/c1-5(24)8(44)11(47)14(18(29,30)31)50-21(38,39)15(4,22(40,41)51-16(27,19(32,33)34)12(48)9(45)6(2)25)23(42,43)52-17(28,20(35,36)37)13(49)10(46)7(3)26/h14H,1-3H2,4H3. The first-order valence-electron chi connectivity index (χ1n) is 11.6. The van der Waals surface area contributed by atoms with Crippen LogP contribution in [-0.2, 0) is 43.0 Å². The second-order valence-corrected chi connectivity index (χ2v) is 9.33. The van der Waals surface area contributed by atoms with Gasteiger partial charge in [0.05, 0.1) is 0 Å². The van der Waals surface area contributed by atoms with Crippen molar-refractivity contribution >= 4 is 34.7 Å². The van der Waals surface area contributed by atoms with Crippen LogP contribution in [0.2, 0.25) is 0 Å². The summed E-state index contributed by atoms with van der Waals surface area (Å²) in [4.78, 5) is 68.7. The van der Waals surface area contributed by atoms with Crippen molar-refractivity contribution in [3.63, 3.8) is 0 Å². The van der Waals surface area contributed by atoms with Crippen molar-refractivity contribution in [1.82, 2.24) is 0 Å². The maximum atomic E-state index is 15.3. The number of hydrogen-bond acceptors (Lipinski definition) is 9. The predicted octanol–water partition coefficient (Wildman–Crippen LogP) is 6.07. The Bertz CT molecular complexity index is 1480. The summed E-state index contributed by atoms with van der Waals surface area (Å²) >= 11 is 0. The molecule has 0 aliphatic rings. The lowest BCUT2D eigenvalue weighted by Crippen LogP contribution is -2.71. The normalized spacial score (nSPS) is 17.5. The number of rotatable bonds is 18. The lowest BCUT2D eigenvalue weighted by molar-refractivity contribution is -0.536. The fraction of sp³-hybridized carbons (Fsp3) is 0.478. The summed E-state index contributed by atoms with van der Waals surface area (Å²) in [5.41, 5.74) is -7.76. The van der Waals surface area contributed by atoms with Crippen LogP contribution in [0.5, 0.6) is 0 Å². The van der Waals surface area contributed by atoms with Gasteiger partial charge in [-0.1, -0.05) is 19.7 Å². The van der Waals surface area contributed by atoms with Crippen molar-refractivity contribution in [3.05, 3.63) is 37.2 Å². The smallest absolute Gasteiger partial charge is 0.298 e. The molecule has 3 unspecified atom stereocenters. The van der Waals surface area contributed by atoms with E-state index in [1.54, 1.807) is 13.2 Å². The zero-order chi connectivity index (χ0) is 42.4. The number of carbonyl (C=O) groups excluding carboxylic acids is 6. The van der Waals surface area contributed by atoms with Crippen LogP contribution in [0.1, 0.15) is 6.92 Å². The summed E-state index contributed by atoms with van der Waals surface area (Å²) in [6, 6.07) is 0. The molecule has 0 rings (SSSR count). The number of ether oxygens (including phenoxy) is 3.